The van der Waals surface area contributed by atoms with Crippen molar-refractivity contribution in [3.63, 3.8) is 0 Å². The minimum absolute atomic E-state index is 0.0978. The second-order valence-electron chi connectivity index (χ2n) is 4.91. The average Bonchev–Trinajstić information content (AvgIpc) is 2.36. The van der Waals surface area contributed by atoms with Gasteiger partial charge in [-0.25, -0.2) is 0 Å². The minimum atomic E-state index is 0.0978. The SMILES string of the molecule is CC12CC3C(O)C(C1)C3C2. The molecule has 0 aromatic carbocycles. The first-order valence-corrected chi connectivity index (χ1v) is 4.38. The van der Waals surface area contributed by atoms with Crippen molar-refractivity contribution in [3.8, 4) is 0 Å². The van der Waals surface area contributed by atoms with Crippen LogP contribution in [-0.4, -0.2) is 11.2 Å². The molecule has 56 valence electrons. The first-order valence-electron chi connectivity index (χ1n) is 4.38. The highest BCUT2D eigenvalue weighted by Crippen LogP contribution is 2.68. The standard InChI is InChI=1S/C9H14O/c1-9-2-5-6(3-9)8(10)7(5)4-9/h5-8,10H,2-4H2,1H3. The molecule has 0 amide bonds. The van der Waals surface area contributed by atoms with Gasteiger partial charge in [-0.15, -0.1) is 0 Å². The van der Waals surface area contributed by atoms with Gasteiger partial charge in [-0.1, -0.05) is 6.92 Å². The van der Waals surface area contributed by atoms with Crippen LogP contribution in [-0.2, 0) is 0 Å². The highest BCUT2D eigenvalue weighted by Gasteiger charge is 2.64. The van der Waals surface area contributed by atoms with Gasteiger partial charge in [-0.3, -0.25) is 0 Å². The summed E-state index contributed by atoms with van der Waals surface area (Å²) in [4.78, 5) is 0. The summed E-state index contributed by atoms with van der Waals surface area (Å²) in [6, 6.07) is 0. The number of aliphatic hydroxyl groups is 1. The largest absolute Gasteiger partial charge is 0.393 e. The maximum Gasteiger partial charge on any atom is 0.0602 e. The third kappa shape index (κ3) is 0.402. The lowest BCUT2D eigenvalue weighted by Gasteiger charge is -2.48. The Kier molecular flexibility index (Phi) is 0.722. The molecule has 0 heterocycles. The van der Waals surface area contributed by atoms with Crippen LogP contribution in [0, 0.1) is 23.2 Å². The molecule has 3 saturated carbocycles. The molecule has 3 fully saturated rings. The molecule has 0 aromatic heterocycles. The quantitative estimate of drug-likeness (QED) is 0.536. The van der Waals surface area contributed by atoms with Crippen molar-refractivity contribution in [2.45, 2.75) is 32.3 Å². The molecule has 0 radical (unpaired) electrons. The van der Waals surface area contributed by atoms with Crippen molar-refractivity contribution >= 4 is 0 Å². The Morgan fingerprint density at radius 2 is 1.60 bits per heavy atom. The highest BCUT2D eigenvalue weighted by molar-refractivity contribution is 5.14. The van der Waals surface area contributed by atoms with Gasteiger partial charge in [0.2, 0.25) is 0 Å². The lowest BCUT2D eigenvalue weighted by Crippen LogP contribution is -2.50. The van der Waals surface area contributed by atoms with Gasteiger partial charge in [-0.2, -0.15) is 0 Å². The van der Waals surface area contributed by atoms with E-state index < -0.39 is 0 Å². The minimum Gasteiger partial charge on any atom is -0.393 e. The van der Waals surface area contributed by atoms with Crippen LogP contribution in [0.25, 0.3) is 0 Å². The van der Waals surface area contributed by atoms with Crippen molar-refractivity contribution in [2.75, 3.05) is 0 Å². The monoisotopic (exact) mass is 138 g/mol. The number of hydrogen-bond acceptors (Lipinski definition) is 1. The Morgan fingerprint density at radius 1 is 1.10 bits per heavy atom. The van der Waals surface area contributed by atoms with Crippen LogP contribution < -0.4 is 0 Å². The predicted octanol–water partition coefficient (Wildman–Crippen LogP) is 1.41. The van der Waals surface area contributed by atoms with E-state index in [0.29, 0.717) is 17.3 Å². The van der Waals surface area contributed by atoms with E-state index in [1.54, 1.807) is 0 Å². The summed E-state index contributed by atoms with van der Waals surface area (Å²) >= 11 is 0. The van der Waals surface area contributed by atoms with Gasteiger partial charge in [0.15, 0.2) is 0 Å². The van der Waals surface area contributed by atoms with Crippen LogP contribution in [0.15, 0.2) is 0 Å². The van der Waals surface area contributed by atoms with Crippen LogP contribution in [0.3, 0.4) is 0 Å². The summed E-state index contributed by atoms with van der Waals surface area (Å²) in [6.45, 7) is 2.39. The Morgan fingerprint density at radius 3 is 1.90 bits per heavy atom. The number of rotatable bonds is 0. The molecule has 1 N–H and O–H groups in total. The molecule has 0 aromatic rings. The van der Waals surface area contributed by atoms with E-state index in [4.69, 9.17) is 0 Å². The lowest BCUT2D eigenvalue weighted by molar-refractivity contribution is -0.104. The van der Waals surface area contributed by atoms with E-state index in [9.17, 15) is 5.11 Å². The van der Waals surface area contributed by atoms with Crippen molar-refractivity contribution < 1.29 is 5.11 Å². The molecule has 3 rings (SSSR count). The normalized spacial score (nSPS) is 70.2. The summed E-state index contributed by atoms with van der Waals surface area (Å²) in [5, 5.41) is 9.54. The first kappa shape index (κ1) is 5.59. The maximum atomic E-state index is 9.54. The van der Waals surface area contributed by atoms with Gasteiger partial charge in [0.25, 0.3) is 0 Å². The Bertz CT molecular complexity index is 173. The van der Waals surface area contributed by atoms with Gasteiger partial charge in [0.1, 0.15) is 0 Å². The van der Waals surface area contributed by atoms with E-state index >= 15 is 0 Å². The van der Waals surface area contributed by atoms with Crippen LogP contribution in [0.1, 0.15) is 26.2 Å². The van der Waals surface area contributed by atoms with E-state index in [1.165, 1.54) is 19.3 Å². The zero-order valence-electron chi connectivity index (χ0n) is 6.38. The third-order valence-electron chi connectivity index (χ3n) is 4.16. The molecule has 3 aliphatic carbocycles. The molecular formula is C9H14O. The van der Waals surface area contributed by atoms with E-state index in [2.05, 4.69) is 6.92 Å². The van der Waals surface area contributed by atoms with E-state index in [-0.39, 0.29) is 6.10 Å². The topological polar surface area (TPSA) is 20.2 Å². The summed E-state index contributed by atoms with van der Waals surface area (Å²) in [5.74, 6) is 2.35. The number of aliphatic hydroxyl groups excluding tert-OH is 1. The molecule has 3 aliphatic rings. The predicted molar refractivity (Wildman–Crippen MR) is 38.4 cm³/mol. The summed E-state index contributed by atoms with van der Waals surface area (Å²) in [5.41, 5.74) is 0.652. The van der Waals surface area contributed by atoms with Crippen molar-refractivity contribution in [1.82, 2.24) is 0 Å². The summed E-state index contributed by atoms with van der Waals surface area (Å²) < 4.78 is 0. The summed E-state index contributed by atoms with van der Waals surface area (Å²) in [7, 11) is 0. The fourth-order valence-electron chi connectivity index (χ4n) is 3.80. The molecule has 0 spiro atoms. The van der Waals surface area contributed by atoms with Crippen molar-refractivity contribution in [2.24, 2.45) is 23.2 Å². The zero-order chi connectivity index (χ0) is 6.93. The molecule has 2 unspecified atom stereocenters. The molecule has 1 heteroatoms. The van der Waals surface area contributed by atoms with Crippen LogP contribution in [0.5, 0.6) is 0 Å². The first-order chi connectivity index (χ1) is 4.70. The molecule has 2 bridgehead atoms. The van der Waals surface area contributed by atoms with Crippen molar-refractivity contribution in [3.05, 3.63) is 0 Å². The van der Waals surface area contributed by atoms with Gasteiger partial charge in [0.05, 0.1) is 6.10 Å². The van der Waals surface area contributed by atoms with Gasteiger partial charge >= 0.3 is 0 Å². The number of hydrogen-bond donors (Lipinski definition) is 1. The smallest absolute Gasteiger partial charge is 0.0602 e. The Labute approximate surface area is 61.4 Å². The lowest BCUT2D eigenvalue weighted by atomic mass is 9.59. The van der Waals surface area contributed by atoms with Gasteiger partial charge in [0, 0.05) is 0 Å². The molecular weight excluding hydrogens is 124 g/mol. The van der Waals surface area contributed by atoms with Gasteiger partial charge < -0.3 is 5.11 Å². The molecule has 10 heavy (non-hydrogen) atoms. The molecule has 0 aliphatic heterocycles. The maximum absolute atomic E-state index is 9.54. The number of fused-ring (bicyclic) bond motifs is 1. The van der Waals surface area contributed by atoms with Crippen LogP contribution in [0.4, 0.5) is 0 Å². The van der Waals surface area contributed by atoms with Crippen LogP contribution in [0.2, 0.25) is 0 Å². The van der Waals surface area contributed by atoms with Gasteiger partial charge in [-0.05, 0) is 42.4 Å². The van der Waals surface area contributed by atoms with Crippen LogP contribution >= 0.6 is 0 Å². The highest BCUT2D eigenvalue weighted by atomic mass is 16.3. The second kappa shape index (κ2) is 1.29. The fraction of sp³-hybridized carbons (Fsp3) is 1.00. The molecule has 2 atom stereocenters. The Balaban J connectivity index is 1.98. The molecule has 0 saturated heterocycles. The zero-order valence-corrected chi connectivity index (χ0v) is 6.38. The third-order valence-corrected chi connectivity index (χ3v) is 4.16. The Hall–Kier alpha value is -0.0400. The van der Waals surface area contributed by atoms with E-state index in [1.807, 2.05) is 0 Å². The summed E-state index contributed by atoms with van der Waals surface area (Å²) in [6.07, 6.45) is 4.14. The van der Waals surface area contributed by atoms with E-state index in [0.717, 1.165) is 5.92 Å². The average molecular weight is 138 g/mol. The molecule has 1 nitrogen and oxygen atoms in total. The fourth-order valence-corrected chi connectivity index (χ4v) is 3.80. The van der Waals surface area contributed by atoms with Crippen molar-refractivity contribution in [1.29, 1.82) is 0 Å². The second-order valence-corrected chi connectivity index (χ2v) is 4.91.